The number of rotatable bonds is 6. The van der Waals surface area contributed by atoms with Gasteiger partial charge in [-0.15, -0.1) is 0 Å². The molecule has 4 nitrogen and oxygen atoms in total. The summed E-state index contributed by atoms with van der Waals surface area (Å²) in [6, 6.07) is 7.92. The third-order valence-corrected chi connectivity index (χ3v) is 3.46. The molecule has 104 valence electrons. The van der Waals surface area contributed by atoms with Crippen molar-refractivity contribution in [1.29, 1.82) is 0 Å². The normalized spacial score (nSPS) is 15.6. The molecule has 19 heavy (non-hydrogen) atoms. The number of nitrogens with one attached hydrogen (secondary N) is 1. The van der Waals surface area contributed by atoms with Crippen LogP contribution in [0.3, 0.4) is 0 Å². The predicted molar refractivity (Wildman–Crippen MR) is 77.0 cm³/mol. The van der Waals surface area contributed by atoms with Gasteiger partial charge in [0, 0.05) is 18.7 Å². The molecule has 1 aromatic rings. The van der Waals surface area contributed by atoms with Gasteiger partial charge in [-0.1, -0.05) is 12.1 Å². The number of nitrogens with two attached hydrogens (primary N) is 1. The highest BCUT2D eigenvalue weighted by atomic mass is 16.1. The Morgan fingerprint density at radius 1 is 1.32 bits per heavy atom. The molecule has 1 heterocycles. The van der Waals surface area contributed by atoms with E-state index in [1.165, 1.54) is 31.5 Å². The second kappa shape index (κ2) is 7.26. The zero-order valence-electron chi connectivity index (χ0n) is 11.4. The lowest BCUT2D eigenvalue weighted by Crippen LogP contribution is -2.26. The monoisotopic (exact) mass is 261 g/mol. The number of carbonyl (C=O) groups is 1. The molecular formula is C15H23N3O. The summed E-state index contributed by atoms with van der Waals surface area (Å²) in [4.78, 5) is 14.4. The summed E-state index contributed by atoms with van der Waals surface area (Å²) in [5, 5.41) is 2.89. The van der Waals surface area contributed by atoms with Crippen LogP contribution in [-0.4, -0.2) is 37.0 Å². The van der Waals surface area contributed by atoms with Crippen LogP contribution in [0.2, 0.25) is 0 Å². The molecule has 4 heteroatoms. The molecular weight excluding hydrogens is 238 g/mol. The van der Waals surface area contributed by atoms with Crippen molar-refractivity contribution in [3.8, 4) is 0 Å². The van der Waals surface area contributed by atoms with E-state index < -0.39 is 0 Å². The van der Waals surface area contributed by atoms with Crippen molar-refractivity contribution in [3.63, 3.8) is 0 Å². The molecule has 0 unspecified atom stereocenters. The van der Waals surface area contributed by atoms with Gasteiger partial charge in [-0.3, -0.25) is 9.69 Å². The molecule has 1 saturated heterocycles. The minimum absolute atomic E-state index is 0.00304. The van der Waals surface area contributed by atoms with Gasteiger partial charge >= 0.3 is 0 Å². The fraction of sp³-hybridized carbons (Fsp3) is 0.533. The SMILES string of the molecule is NCCCNC(=O)c1cccc(CN2CCCC2)c1. The quantitative estimate of drug-likeness (QED) is 0.760. The highest BCUT2D eigenvalue weighted by Crippen LogP contribution is 2.13. The molecule has 1 aromatic carbocycles. The summed E-state index contributed by atoms with van der Waals surface area (Å²) in [5.74, 6) is -0.00304. The first-order chi connectivity index (χ1) is 9.29. The van der Waals surface area contributed by atoms with Gasteiger partial charge in [-0.2, -0.15) is 0 Å². The van der Waals surface area contributed by atoms with Crippen LogP contribution in [0.1, 0.15) is 35.2 Å². The van der Waals surface area contributed by atoms with E-state index in [-0.39, 0.29) is 5.91 Å². The van der Waals surface area contributed by atoms with Gasteiger partial charge in [0.15, 0.2) is 0 Å². The first kappa shape index (κ1) is 14.0. The van der Waals surface area contributed by atoms with Crippen molar-refractivity contribution in [3.05, 3.63) is 35.4 Å². The first-order valence-corrected chi connectivity index (χ1v) is 7.09. The number of hydrogen-bond acceptors (Lipinski definition) is 3. The maximum atomic E-state index is 11.9. The van der Waals surface area contributed by atoms with E-state index in [0.717, 1.165) is 18.5 Å². The molecule has 2 rings (SSSR count). The predicted octanol–water partition coefficient (Wildman–Crippen LogP) is 1.36. The Hall–Kier alpha value is -1.39. The molecule has 1 aliphatic heterocycles. The Bertz CT molecular complexity index is 414. The molecule has 0 saturated carbocycles. The molecule has 1 amide bonds. The molecule has 0 bridgehead atoms. The number of nitrogens with zero attached hydrogens (tertiary/aromatic N) is 1. The fourth-order valence-electron chi connectivity index (χ4n) is 2.42. The average Bonchev–Trinajstić information content (AvgIpc) is 2.92. The van der Waals surface area contributed by atoms with E-state index in [1.807, 2.05) is 18.2 Å². The fourth-order valence-corrected chi connectivity index (χ4v) is 2.42. The number of likely N-dealkylation sites (tertiary alicyclic amines) is 1. The van der Waals surface area contributed by atoms with Gasteiger partial charge in [-0.25, -0.2) is 0 Å². The van der Waals surface area contributed by atoms with Gasteiger partial charge in [0.25, 0.3) is 5.91 Å². The highest BCUT2D eigenvalue weighted by molar-refractivity contribution is 5.94. The summed E-state index contributed by atoms with van der Waals surface area (Å²) >= 11 is 0. The standard InChI is InChI=1S/C15H23N3O/c16-7-4-8-17-15(19)14-6-3-5-13(11-14)12-18-9-1-2-10-18/h3,5-6,11H,1-2,4,7-10,12,16H2,(H,17,19). The Morgan fingerprint density at radius 2 is 2.11 bits per heavy atom. The van der Waals surface area contributed by atoms with E-state index in [4.69, 9.17) is 5.73 Å². The summed E-state index contributed by atoms with van der Waals surface area (Å²) < 4.78 is 0. The van der Waals surface area contributed by atoms with Gasteiger partial charge in [0.1, 0.15) is 0 Å². The number of amides is 1. The van der Waals surface area contributed by atoms with Crippen LogP contribution in [0.25, 0.3) is 0 Å². The van der Waals surface area contributed by atoms with Crippen LogP contribution in [0.4, 0.5) is 0 Å². The van der Waals surface area contributed by atoms with Crippen LogP contribution in [0, 0.1) is 0 Å². The Morgan fingerprint density at radius 3 is 2.84 bits per heavy atom. The maximum Gasteiger partial charge on any atom is 0.251 e. The van der Waals surface area contributed by atoms with Gasteiger partial charge in [-0.05, 0) is 56.6 Å². The van der Waals surface area contributed by atoms with Gasteiger partial charge in [0.05, 0.1) is 0 Å². The van der Waals surface area contributed by atoms with Gasteiger partial charge < -0.3 is 11.1 Å². The molecule has 1 fully saturated rings. The third kappa shape index (κ3) is 4.33. The van der Waals surface area contributed by atoms with Crippen molar-refractivity contribution in [2.75, 3.05) is 26.2 Å². The van der Waals surface area contributed by atoms with Crippen LogP contribution in [0.15, 0.2) is 24.3 Å². The zero-order valence-corrected chi connectivity index (χ0v) is 11.4. The van der Waals surface area contributed by atoms with Crippen molar-refractivity contribution in [1.82, 2.24) is 10.2 Å². The molecule has 0 aromatic heterocycles. The molecule has 0 atom stereocenters. The second-order valence-corrected chi connectivity index (χ2v) is 5.08. The largest absolute Gasteiger partial charge is 0.352 e. The Labute approximate surface area is 115 Å². The van der Waals surface area contributed by atoms with Crippen molar-refractivity contribution >= 4 is 5.91 Å². The number of benzene rings is 1. The van der Waals surface area contributed by atoms with Crippen LogP contribution < -0.4 is 11.1 Å². The third-order valence-electron chi connectivity index (χ3n) is 3.46. The van der Waals surface area contributed by atoms with E-state index in [9.17, 15) is 4.79 Å². The second-order valence-electron chi connectivity index (χ2n) is 5.08. The van der Waals surface area contributed by atoms with E-state index in [0.29, 0.717) is 13.1 Å². The van der Waals surface area contributed by atoms with Crippen molar-refractivity contribution < 1.29 is 4.79 Å². The maximum absolute atomic E-state index is 11.9. The summed E-state index contributed by atoms with van der Waals surface area (Å²) in [7, 11) is 0. The lowest BCUT2D eigenvalue weighted by atomic mass is 10.1. The van der Waals surface area contributed by atoms with Gasteiger partial charge in [0.2, 0.25) is 0 Å². The Kier molecular flexibility index (Phi) is 5.36. The zero-order chi connectivity index (χ0) is 13.5. The molecule has 0 aliphatic carbocycles. The molecule has 0 spiro atoms. The highest BCUT2D eigenvalue weighted by Gasteiger charge is 2.12. The average molecular weight is 261 g/mol. The lowest BCUT2D eigenvalue weighted by molar-refractivity contribution is 0.0953. The summed E-state index contributed by atoms with van der Waals surface area (Å²) in [5.41, 5.74) is 7.37. The summed E-state index contributed by atoms with van der Waals surface area (Å²) in [6.07, 6.45) is 3.40. The summed E-state index contributed by atoms with van der Waals surface area (Å²) in [6.45, 7) is 4.55. The minimum atomic E-state index is -0.00304. The number of hydrogen-bond donors (Lipinski definition) is 2. The van der Waals surface area contributed by atoms with Crippen LogP contribution in [-0.2, 0) is 6.54 Å². The molecule has 0 radical (unpaired) electrons. The lowest BCUT2D eigenvalue weighted by Gasteiger charge is -2.15. The van der Waals surface area contributed by atoms with Crippen LogP contribution in [0.5, 0.6) is 0 Å². The molecule has 3 N–H and O–H groups in total. The molecule has 1 aliphatic rings. The Balaban J connectivity index is 1.91. The van der Waals surface area contributed by atoms with Crippen molar-refractivity contribution in [2.45, 2.75) is 25.8 Å². The van der Waals surface area contributed by atoms with Crippen LogP contribution >= 0.6 is 0 Å². The number of carbonyl (C=O) groups excluding carboxylic acids is 1. The van der Waals surface area contributed by atoms with E-state index >= 15 is 0 Å². The van der Waals surface area contributed by atoms with E-state index in [2.05, 4.69) is 16.3 Å². The van der Waals surface area contributed by atoms with Crippen molar-refractivity contribution in [2.24, 2.45) is 5.73 Å². The topological polar surface area (TPSA) is 58.4 Å². The minimum Gasteiger partial charge on any atom is -0.352 e. The first-order valence-electron chi connectivity index (χ1n) is 7.09. The smallest absolute Gasteiger partial charge is 0.251 e. The van der Waals surface area contributed by atoms with E-state index in [1.54, 1.807) is 0 Å².